The summed E-state index contributed by atoms with van der Waals surface area (Å²) in [6, 6.07) is 10.3. The van der Waals surface area contributed by atoms with E-state index in [0.29, 0.717) is 0 Å². The van der Waals surface area contributed by atoms with Crippen molar-refractivity contribution in [2.75, 3.05) is 6.26 Å². The summed E-state index contributed by atoms with van der Waals surface area (Å²) >= 11 is 1.73. The van der Waals surface area contributed by atoms with Gasteiger partial charge in [-0.3, -0.25) is 10.5 Å². The molecule has 90 valence electrons. The Kier molecular flexibility index (Phi) is 3.83. The maximum Gasteiger partial charge on any atom is 0.0878 e. The van der Waals surface area contributed by atoms with Gasteiger partial charge in [0.1, 0.15) is 0 Å². The number of hydrazine groups is 1. The Hall–Kier alpha value is -1.30. The average Bonchev–Trinajstić information content (AvgIpc) is 2.78. The van der Waals surface area contributed by atoms with E-state index < -0.39 is 0 Å². The third kappa shape index (κ3) is 2.52. The van der Waals surface area contributed by atoms with E-state index in [2.05, 4.69) is 41.0 Å². The Morgan fingerprint density at radius 3 is 2.47 bits per heavy atom. The van der Waals surface area contributed by atoms with Crippen molar-refractivity contribution in [3.05, 3.63) is 47.8 Å². The summed E-state index contributed by atoms with van der Waals surface area (Å²) in [5.41, 5.74) is 5.01. The zero-order valence-electron chi connectivity index (χ0n) is 9.92. The van der Waals surface area contributed by atoms with Gasteiger partial charge < -0.3 is 0 Å². The summed E-state index contributed by atoms with van der Waals surface area (Å²) in [5, 5.41) is 4.16. The summed E-state index contributed by atoms with van der Waals surface area (Å²) in [5.74, 6) is 5.64. The minimum atomic E-state index is -0.0293. The van der Waals surface area contributed by atoms with Crippen LogP contribution in [0.1, 0.15) is 17.3 Å². The molecular weight excluding hydrogens is 232 g/mol. The minimum absolute atomic E-state index is 0.0293. The first-order valence-electron chi connectivity index (χ1n) is 5.34. The van der Waals surface area contributed by atoms with Gasteiger partial charge in [0, 0.05) is 18.1 Å². The van der Waals surface area contributed by atoms with Crippen molar-refractivity contribution in [3.8, 4) is 0 Å². The maximum atomic E-state index is 5.64. The van der Waals surface area contributed by atoms with Gasteiger partial charge in [0.25, 0.3) is 0 Å². The molecule has 0 bridgehead atoms. The summed E-state index contributed by atoms with van der Waals surface area (Å²) in [4.78, 5) is 1.24. The van der Waals surface area contributed by atoms with E-state index in [1.54, 1.807) is 18.0 Å². The predicted molar refractivity (Wildman–Crippen MR) is 70.6 cm³/mol. The van der Waals surface area contributed by atoms with Gasteiger partial charge in [0.2, 0.25) is 0 Å². The van der Waals surface area contributed by atoms with Gasteiger partial charge >= 0.3 is 0 Å². The molecule has 0 saturated carbocycles. The van der Waals surface area contributed by atoms with Crippen LogP contribution in [0.4, 0.5) is 0 Å². The molecule has 0 spiro atoms. The zero-order valence-corrected chi connectivity index (χ0v) is 10.7. The van der Waals surface area contributed by atoms with Gasteiger partial charge in [-0.25, -0.2) is 5.43 Å². The summed E-state index contributed by atoms with van der Waals surface area (Å²) in [7, 11) is 1.91. The number of hydrogen-bond donors (Lipinski definition) is 2. The number of nitrogens with one attached hydrogen (secondary N) is 1. The molecule has 1 aromatic heterocycles. The van der Waals surface area contributed by atoms with E-state index in [-0.39, 0.29) is 6.04 Å². The lowest BCUT2D eigenvalue weighted by Gasteiger charge is -2.16. The van der Waals surface area contributed by atoms with Crippen molar-refractivity contribution < 1.29 is 0 Å². The second-order valence-corrected chi connectivity index (χ2v) is 4.63. The van der Waals surface area contributed by atoms with E-state index in [4.69, 9.17) is 5.84 Å². The van der Waals surface area contributed by atoms with Crippen LogP contribution in [0, 0.1) is 0 Å². The van der Waals surface area contributed by atoms with E-state index >= 15 is 0 Å². The first-order chi connectivity index (χ1) is 8.26. The molecule has 1 aromatic carbocycles. The fraction of sp³-hybridized carbons (Fsp3) is 0.250. The maximum absolute atomic E-state index is 5.64. The second kappa shape index (κ2) is 5.35. The largest absolute Gasteiger partial charge is 0.271 e. The Balaban J connectivity index is 2.32. The molecule has 5 heteroatoms. The van der Waals surface area contributed by atoms with Gasteiger partial charge in [-0.1, -0.05) is 12.1 Å². The monoisotopic (exact) mass is 248 g/mol. The molecule has 2 rings (SSSR count). The van der Waals surface area contributed by atoms with Crippen LogP contribution in [0.5, 0.6) is 0 Å². The summed E-state index contributed by atoms with van der Waals surface area (Å²) in [6.45, 7) is 0. The lowest BCUT2D eigenvalue weighted by molar-refractivity contribution is 0.575. The molecule has 0 aliphatic heterocycles. The predicted octanol–water partition coefficient (Wildman–Crippen LogP) is 1.69. The molecular formula is C12H16N4S. The van der Waals surface area contributed by atoms with Crippen molar-refractivity contribution >= 4 is 11.8 Å². The topological polar surface area (TPSA) is 55.9 Å². The number of hydrogen-bond acceptors (Lipinski definition) is 4. The fourth-order valence-corrected chi connectivity index (χ4v) is 2.22. The van der Waals surface area contributed by atoms with Crippen molar-refractivity contribution in [2.45, 2.75) is 10.9 Å². The molecule has 17 heavy (non-hydrogen) atoms. The molecule has 0 aliphatic carbocycles. The molecule has 2 aromatic rings. The van der Waals surface area contributed by atoms with Crippen LogP contribution in [0.15, 0.2) is 41.4 Å². The summed E-state index contributed by atoms with van der Waals surface area (Å²) < 4.78 is 1.83. The molecule has 1 heterocycles. The number of aryl methyl sites for hydroxylation is 1. The molecule has 0 saturated heterocycles. The molecule has 1 atom stereocenters. The molecule has 1 unspecified atom stereocenters. The summed E-state index contributed by atoms with van der Waals surface area (Å²) in [6.07, 6.45) is 3.84. The quantitative estimate of drug-likeness (QED) is 0.491. The van der Waals surface area contributed by atoms with Crippen LogP contribution in [-0.2, 0) is 7.05 Å². The number of benzene rings is 1. The molecule has 3 N–H and O–H groups in total. The number of thioether (sulfide) groups is 1. The van der Waals surface area contributed by atoms with E-state index in [1.165, 1.54) is 4.90 Å². The van der Waals surface area contributed by atoms with Crippen LogP contribution in [0.25, 0.3) is 0 Å². The number of rotatable bonds is 4. The first-order valence-corrected chi connectivity index (χ1v) is 6.56. The highest BCUT2D eigenvalue weighted by Gasteiger charge is 2.15. The third-order valence-corrected chi connectivity index (χ3v) is 3.51. The third-order valence-electron chi connectivity index (χ3n) is 2.77. The SMILES string of the molecule is CSc1ccc(C(NN)c2ccnn2C)cc1. The van der Waals surface area contributed by atoms with E-state index in [1.807, 2.05) is 17.8 Å². The van der Waals surface area contributed by atoms with E-state index in [9.17, 15) is 0 Å². The molecule has 0 aliphatic rings. The number of nitrogens with two attached hydrogens (primary N) is 1. The van der Waals surface area contributed by atoms with Gasteiger partial charge in [-0.2, -0.15) is 5.10 Å². The van der Waals surface area contributed by atoms with Gasteiger partial charge in [0.05, 0.1) is 11.7 Å². The lowest BCUT2D eigenvalue weighted by atomic mass is 10.0. The number of aromatic nitrogens is 2. The van der Waals surface area contributed by atoms with Crippen molar-refractivity contribution in [1.82, 2.24) is 15.2 Å². The molecule has 0 amide bonds. The average molecular weight is 248 g/mol. The van der Waals surface area contributed by atoms with E-state index in [0.717, 1.165) is 11.3 Å². The Bertz CT molecular complexity index is 478. The highest BCUT2D eigenvalue weighted by Crippen LogP contribution is 2.23. The fourth-order valence-electron chi connectivity index (χ4n) is 1.82. The van der Waals surface area contributed by atoms with Gasteiger partial charge in [0.15, 0.2) is 0 Å². The van der Waals surface area contributed by atoms with Crippen LogP contribution in [0.2, 0.25) is 0 Å². The van der Waals surface area contributed by atoms with Gasteiger partial charge in [-0.15, -0.1) is 11.8 Å². The normalized spacial score (nSPS) is 12.6. The smallest absolute Gasteiger partial charge is 0.0878 e. The Morgan fingerprint density at radius 2 is 2.00 bits per heavy atom. The molecule has 0 fully saturated rings. The first kappa shape index (κ1) is 12.2. The highest BCUT2D eigenvalue weighted by atomic mass is 32.2. The second-order valence-electron chi connectivity index (χ2n) is 3.75. The standard InChI is InChI=1S/C12H16N4S/c1-16-11(7-8-14-16)12(15-13)9-3-5-10(17-2)6-4-9/h3-8,12,15H,13H2,1-2H3. The van der Waals surface area contributed by atoms with Crippen LogP contribution >= 0.6 is 11.8 Å². The van der Waals surface area contributed by atoms with Crippen LogP contribution in [0.3, 0.4) is 0 Å². The highest BCUT2D eigenvalue weighted by molar-refractivity contribution is 7.98. The zero-order chi connectivity index (χ0) is 12.3. The minimum Gasteiger partial charge on any atom is -0.271 e. The molecule has 0 radical (unpaired) electrons. The van der Waals surface area contributed by atoms with Crippen molar-refractivity contribution in [1.29, 1.82) is 0 Å². The lowest BCUT2D eigenvalue weighted by Crippen LogP contribution is -2.30. The van der Waals surface area contributed by atoms with Crippen LogP contribution in [-0.4, -0.2) is 16.0 Å². The Labute approximate surface area is 105 Å². The number of nitrogens with zero attached hydrogens (tertiary/aromatic N) is 2. The van der Waals surface area contributed by atoms with Crippen molar-refractivity contribution in [2.24, 2.45) is 12.9 Å². The van der Waals surface area contributed by atoms with Crippen LogP contribution < -0.4 is 11.3 Å². The van der Waals surface area contributed by atoms with Crippen molar-refractivity contribution in [3.63, 3.8) is 0 Å². The van der Waals surface area contributed by atoms with Gasteiger partial charge in [-0.05, 0) is 30.0 Å². The molecule has 4 nitrogen and oxygen atoms in total. The Morgan fingerprint density at radius 1 is 1.29 bits per heavy atom.